The third-order valence-corrected chi connectivity index (χ3v) is 4.42. The summed E-state index contributed by atoms with van der Waals surface area (Å²) < 4.78 is 1.31. The monoisotopic (exact) mass is 297 g/mol. The average molecular weight is 297 g/mol. The van der Waals surface area contributed by atoms with Crippen LogP contribution in [0.25, 0.3) is 10.1 Å². The van der Waals surface area contributed by atoms with E-state index in [1.54, 1.807) is 23.5 Å². The fraction of sp³-hybridized carbons (Fsp3) is 0.118. The highest BCUT2D eigenvalue weighted by Crippen LogP contribution is 2.25. The van der Waals surface area contributed by atoms with Crippen LogP contribution in [0.15, 0.2) is 53.9 Å². The molecule has 4 heteroatoms. The van der Waals surface area contributed by atoms with Crippen molar-refractivity contribution in [3.63, 3.8) is 0 Å². The maximum atomic E-state index is 10.8. The van der Waals surface area contributed by atoms with Crippen molar-refractivity contribution in [3.05, 3.63) is 70.6 Å². The highest BCUT2D eigenvalue weighted by Gasteiger charge is 2.04. The summed E-state index contributed by atoms with van der Waals surface area (Å²) in [6, 6.07) is 15.4. The van der Waals surface area contributed by atoms with Gasteiger partial charge in [-0.05, 0) is 40.1 Å². The normalized spacial score (nSPS) is 10.9. The number of carbonyl (C=O) groups is 1. The Morgan fingerprint density at radius 2 is 1.81 bits per heavy atom. The van der Waals surface area contributed by atoms with Gasteiger partial charge in [-0.1, -0.05) is 30.3 Å². The summed E-state index contributed by atoms with van der Waals surface area (Å²) in [5, 5.41) is 15.8. The third kappa shape index (κ3) is 3.12. The lowest BCUT2D eigenvalue weighted by atomic mass is 10.1. The number of hydrogen-bond acceptors (Lipinski definition) is 3. The molecular weight excluding hydrogens is 282 g/mol. The number of carboxylic acid groups (broad SMARTS) is 1. The van der Waals surface area contributed by atoms with Crippen LogP contribution in [0.3, 0.4) is 0 Å². The van der Waals surface area contributed by atoms with Gasteiger partial charge in [-0.15, -0.1) is 11.3 Å². The van der Waals surface area contributed by atoms with Crippen LogP contribution in [0.4, 0.5) is 0 Å². The predicted molar refractivity (Wildman–Crippen MR) is 85.8 cm³/mol. The van der Waals surface area contributed by atoms with Crippen molar-refractivity contribution >= 4 is 27.4 Å². The van der Waals surface area contributed by atoms with Gasteiger partial charge in [-0.2, -0.15) is 0 Å². The zero-order valence-corrected chi connectivity index (χ0v) is 12.2. The second kappa shape index (κ2) is 6.08. The number of hydrogen-bond donors (Lipinski definition) is 2. The summed E-state index contributed by atoms with van der Waals surface area (Å²) in [7, 11) is 0. The highest BCUT2D eigenvalue weighted by molar-refractivity contribution is 7.17. The van der Waals surface area contributed by atoms with E-state index < -0.39 is 5.97 Å². The number of nitrogens with one attached hydrogen (secondary N) is 1. The van der Waals surface area contributed by atoms with Crippen molar-refractivity contribution in [3.8, 4) is 0 Å². The molecule has 0 aliphatic heterocycles. The topological polar surface area (TPSA) is 49.3 Å². The second-order valence-electron chi connectivity index (χ2n) is 4.86. The fourth-order valence-electron chi connectivity index (χ4n) is 2.28. The van der Waals surface area contributed by atoms with Crippen LogP contribution in [0.5, 0.6) is 0 Å². The van der Waals surface area contributed by atoms with Crippen molar-refractivity contribution in [2.75, 3.05) is 0 Å². The molecule has 2 N–H and O–H groups in total. The molecule has 0 saturated carbocycles. The maximum Gasteiger partial charge on any atom is 0.335 e. The smallest absolute Gasteiger partial charge is 0.335 e. The minimum atomic E-state index is -0.890. The molecule has 0 saturated heterocycles. The Morgan fingerprint density at radius 1 is 1.05 bits per heavy atom. The van der Waals surface area contributed by atoms with Gasteiger partial charge in [0.05, 0.1) is 5.56 Å². The summed E-state index contributed by atoms with van der Waals surface area (Å²) in [5.74, 6) is -0.890. The van der Waals surface area contributed by atoms with Crippen LogP contribution in [0.2, 0.25) is 0 Å². The van der Waals surface area contributed by atoms with Crippen LogP contribution < -0.4 is 5.32 Å². The molecule has 0 bridgehead atoms. The average Bonchev–Trinajstić information content (AvgIpc) is 2.91. The SMILES string of the molecule is O=C(O)c1ccc(CNCc2csc3ccccc23)cc1. The highest BCUT2D eigenvalue weighted by atomic mass is 32.1. The van der Waals surface area contributed by atoms with Gasteiger partial charge < -0.3 is 10.4 Å². The van der Waals surface area contributed by atoms with Gasteiger partial charge >= 0.3 is 5.97 Å². The van der Waals surface area contributed by atoms with Crippen LogP contribution in [-0.2, 0) is 13.1 Å². The van der Waals surface area contributed by atoms with Crippen molar-refractivity contribution < 1.29 is 9.90 Å². The Labute approximate surface area is 126 Å². The van der Waals surface area contributed by atoms with Gasteiger partial charge in [0, 0.05) is 17.8 Å². The van der Waals surface area contributed by atoms with E-state index in [0.29, 0.717) is 5.56 Å². The molecule has 3 rings (SSSR count). The van der Waals surface area contributed by atoms with Crippen LogP contribution in [0, 0.1) is 0 Å². The lowest BCUT2D eigenvalue weighted by Gasteiger charge is -2.05. The van der Waals surface area contributed by atoms with E-state index in [1.807, 2.05) is 12.1 Å². The first-order valence-corrected chi connectivity index (χ1v) is 7.60. The number of benzene rings is 2. The zero-order chi connectivity index (χ0) is 14.7. The molecule has 3 nitrogen and oxygen atoms in total. The van der Waals surface area contributed by atoms with E-state index in [0.717, 1.165) is 18.7 Å². The third-order valence-electron chi connectivity index (χ3n) is 3.41. The lowest BCUT2D eigenvalue weighted by Crippen LogP contribution is -2.12. The van der Waals surface area contributed by atoms with E-state index in [4.69, 9.17) is 5.11 Å². The first-order valence-electron chi connectivity index (χ1n) is 6.72. The summed E-state index contributed by atoms with van der Waals surface area (Å²) in [5.41, 5.74) is 2.71. The van der Waals surface area contributed by atoms with Crippen molar-refractivity contribution in [2.24, 2.45) is 0 Å². The molecule has 0 atom stereocenters. The van der Waals surface area contributed by atoms with Crippen molar-refractivity contribution in [1.29, 1.82) is 0 Å². The number of aromatic carboxylic acids is 1. The van der Waals surface area contributed by atoms with E-state index in [1.165, 1.54) is 15.6 Å². The minimum Gasteiger partial charge on any atom is -0.478 e. The number of fused-ring (bicyclic) bond motifs is 1. The summed E-state index contributed by atoms with van der Waals surface area (Å²) in [6.07, 6.45) is 0. The molecule has 0 fully saturated rings. The molecule has 2 aromatic carbocycles. The zero-order valence-electron chi connectivity index (χ0n) is 11.4. The number of rotatable bonds is 5. The van der Waals surface area contributed by atoms with Gasteiger partial charge in [-0.25, -0.2) is 4.79 Å². The van der Waals surface area contributed by atoms with Gasteiger partial charge in [0.2, 0.25) is 0 Å². The van der Waals surface area contributed by atoms with Crippen LogP contribution in [0.1, 0.15) is 21.5 Å². The molecule has 106 valence electrons. The molecule has 1 heterocycles. The first-order chi connectivity index (χ1) is 10.2. The van der Waals surface area contributed by atoms with Gasteiger partial charge in [0.1, 0.15) is 0 Å². The molecule has 0 unspecified atom stereocenters. The molecule has 0 aliphatic carbocycles. The predicted octanol–water partition coefficient (Wildman–Crippen LogP) is 3.89. The van der Waals surface area contributed by atoms with Crippen LogP contribution in [-0.4, -0.2) is 11.1 Å². The lowest BCUT2D eigenvalue weighted by molar-refractivity contribution is 0.0697. The molecule has 3 aromatic rings. The molecule has 0 aliphatic rings. The van der Waals surface area contributed by atoms with Gasteiger partial charge in [0.25, 0.3) is 0 Å². The number of thiophene rings is 1. The number of carboxylic acids is 1. The summed E-state index contributed by atoms with van der Waals surface area (Å²) in [4.78, 5) is 10.8. The Kier molecular flexibility index (Phi) is 3.99. The maximum absolute atomic E-state index is 10.8. The first kappa shape index (κ1) is 13.8. The molecule has 21 heavy (non-hydrogen) atoms. The Balaban J connectivity index is 1.62. The Morgan fingerprint density at radius 3 is 2.57 bits per heavy atom. The van der Waals surface area contributed by atoms with Gasteiger partial charge in [-0.3, -0.25) is 0 Å². The summed E-state index contributed by atoms with van der Waals surface area (Å²) >= 11 is 1.76. The van der Waals surface area contributed by atoms with Crippen molar-refractivity contribution in [2.45, 2.75) is 13.1 Å². The second-order valence-corrected chi connectivity index (χ2v) is 5.77. The van der Waals surface area contributed by atoms with Crippen molar-refractivity contribution in [1.82, 2.24) is 5.32 Å². The minimum absolute atomic E-state index is 0.322. The Bertz CT molecular complexity index is 762. The molecule has 1 aromatic heterocycles. The standard InChI is InChI=1S/C17H15NO2S/c19-17(20)13-7-5-12(6-8-13)9-18-10-14-11-21-16-4-2-1-3-15(14)16/h1-8,11,18H,9-10H2,(H,19,20). The van der Waals surface area contributed by atoms with Gasteiger partial charge in [0.15, 0.2) is 0 Å². The largest absolute Gasteiger partial charge is 0.478 e. The van der Waals surface area contributed by atoms with E-state index in [-0.39, 0.29) is 0 Å². The van der Waals surface area contributed by atoms with E-state index in [9.17, 15) is 4.79 Å². The van der Waals surface area contributed by atoms with E-state index >= 15 is 0 Å². The molecule has 0 radical (unpaired) electrons. The van der Waals surface area contributed by atoms with Crippen LogP contribution >= 0.6 is 11.3 Å². The van der Waals surface area contributed by atoms with E-state index in [2.05, 4.69) is 35.0 Å². The molecule has 0 amide bonds. The molecule has 0 spiro atoms. The fourth-order valence-corrected chi connectivity index (χ4v) is 3.24. The quantitative estimate of drug-likeness (QED) is 0.751. The molecular formula is C17H15NO2S. The summed E-state index contributed by atoms with van der Waals surface area (Å²) in [6.45, 7) is 1.54. The Hall–Kier alpha value is -2.17.